The third-order valence-corrected chi connectivity index (χ3v) is 5.15. The lowest BCUT2D eigenvalue weighted by Crippen LogP contribution is -2.33. The van der Waals surface area contributed by atoms with Crippen LogP contribution in [0.5, 0.6) is 5.75 Å². The van der Waals surface area contributed by atoms with Crippen LogP contribution in [0.3, 0.4) is 0 Å². The number of nitrogens with zero attached hydrogens (tertiary/aromatic N) is 3. The highest BCUT2D eigenvalue weighted by Gasteiger charge is 2.33. The van der Waals surface area contributed by atoms with Crippen LogP contribution in [0.4, 0.5) is 10.5 Å². The molecular weight excluding hydrogens is 390 g/mol. The molecule has 1 unspecified atom stereocenters. The Hall–Kier alpha value is -3.82. The molecule has 2 aliphatic rings. The van der Waals surface area contributed by atoms with E-state index in [4.69, 9.17) is 14.0 Å². The molecule has 3 aromatic rings. The van der Waals surface area contributed by atoms with Crippen molar-refractivity contribution in [2.24, 2.45) is 0 Å². The quantitative estimate of drug-likeness (QED) is 0.677. The molecule has 1 aromatic carbocycles. The minimum Gasteiger partial charge on any atom is -0.492 e. The van der Waals surface area contributed by atoms with Crippen LogP contribution in [0.1, 0.15) is 12.5 Å². The minimum atomic E-state index is -0.450. The smallest absolute Gasteiger partial charge is 0.414 e. The molecule has 4 heterocycles. The van der Waals surface area contributed by atoms with Gasteiger partial charge in [-0.15, -0.1) is 0 Å². The molecule has 10 heteroatoms. The average molecular weight is 409 g/mol. The number of fused-ring (bicyclic) bond motifs is 3. The molecule has 0 bridgehead atoms. The summed E-state index contributed by atoms with van der Waals surface area (Å²) in [4.78, 5) is 25.0. The molecule has 2 amide bonds. The van der Waals surface area contributed by atoms with Crippen LogP contribution in [0.25, 0.3) is 22.7 Å². The first kappa shape index (κ1) is 18.2. The summed E-state index contributed by atoms with van der Waals surface area (Å²) in [5.74, 6) is 1.08. The third kappa shape index (κ3) is 3.15. The van der Waals surface area contributed by atoms with E-state index in [2.05, 4.69) is 20.7 Å². The Morgan fingerprint density at radius 3 is 3.07 bits per heavy atom. The molecule has 1 atom stereocenters. The second-order valence-corrected chi connectivity index (χ2v) is 7.13. The van der Waals surface area contributed by atoms with Crippen molar-refractivity contribution in [2.45, 2.75) is 19.4 Å². The fraction of sp³-hybridized carbons (Fsp3) is 0.300. The Morgan fingerprint density at radius 1 is 1.37 bits per heavy atom. The van der Waals surface area contributed by atoms with Crippen molar-refractivity contribution in [3.05, 3.63) is 36.0 Å². The Labute approximate surface area is 171 Å². The van der Waals surface area contributed by atoms with Gasteiger partial charge in [0.05, 0.1) is 37.3 Å². The fourth-order valence-electron chi connectivity index (χ4n) is 3.74. The number of ether oxygens (including phenoxy) is 2. The number of carbonyl (C=O) groups is 2. The number of aromatic nitrogens is 3. The van der Waals surface area contributed by atoms with Gasteiger partial charge in [0.1, 0.15) is 17.5 Å². The summed E-state index contributed by atoms with van der Waals surface area (Å²) >= 11 is 0. The van der Waals surface area contributed by atoms with E-state index in [1.807, 2.05) is 18.2 Å². The predicted molar refractivity (Wildman–Crippen MR) is 105 cm³/mol. The van der Waals surface area contributed by atoms with Gasteiger partial charge in [-0.05, 0) is 12.1 Å². The molecule has 2 N–H and O–H groups in total. The second-order valence-electron chi connectivity index (χ2n) is 7.13. The van der Waals surface area contributed by atoms with Crippen LogP contribution in [0, 0.1) is 0 Å². The Morgan fingerprint density at radius 2 is 2.27 bits per heavy atom. The number of rotatable bonds is 4. The van der Waals surface area contributed by atoms with E-state index < -0.39 is 12.2 Å². The van der Waals surface area contributed by atoms with E-state index in [0.717, 1.165) is 16.8 Å². The lowest BCUT2D eigenvalue weighted by molar-refractivity contribution is -0.119. The standard InChI is InChI=1S/C20H19N5O5/c1-11(26)21-9-13-10-25(20(27)29-13)12-2-3-14-17(8-12)28-7-5-15-18(14)23-24-19(15)16-4-6-22-30-16/h2-4,6,8,13H,5,7,9-10H2,1H3,(H,21,26)(H,23,24). The molecule has 0 radical (unpaired) electrons. The highest BCUT2D eigenvalue weighted by molar-refractivity contribution is 5.91. The van der Waals surface area contributed by atoms with Gasteiger partial charge in [-0.25, -0.2) is 4.79 Å². The summed E-state index contributed by atoms with van der Waals surface area (Å²) in [5, 5.41) is 13.9. The highest BCUT2D eigenvalue weighted by Crippen LogP contribution is 2.40. The van der Waals surface area contributed by atoms with E-state index >= 15 is 0 Å². The maximum Gasteiger partial charge on any atom is 0.414 e. The molecule has 0 saturated carbocycles. The summed E-state index contributed by atoms with van der Waals surface area (Å²) in [6.45, 7) is 2.51. The Bertz CT molecular complexity index is 1110. The van der Waals surface area contributed by atoms with Crippen molar-refractivity contribution in [2.75, 3.05) is 24.6 Å². The van der Waals surface area contributed by atoms with Gasteiger partial charge in [0, 0.05) is 36.6 Å². The normalized spacial score (nSPS) is 17.6. The first-order chi connectivity index (χ1) is 14.6. The maximum absolute atomic E-state index is 12.3. The van der Waals surface area contributed by atoms with Gasteiger partial charge < -0.3 is 19.3 Å². The number of hydrogen-bond donors (Lipinski definition) is 2. The molecular formula is C20H19N5O5. The van der Waals surface area contributed by atoms with E-state index in [1.54, 1.807) is 12.3 Å². The van der Waals surface area contributed by atoms with Gasteiger partial charge in [-0.1, -0.05) is 5.16 Å². The second kappa shape index (κ2) is 7.21. The van der Waals surface area contributed by atoms with Crippen LogP contribution in [0.15, 0.2) is 35.0 Å². The van der Waals surface area contributed by atoms with E-state index in [-0.39, 0.29) is 12.5 Å². The number of benzene rings is 1. The van der Waals surface area contributed by atoms with Crippen molar-refractivity contribution in [3.8, 4) is 28.5 Å². The molecule has 1 saturated heterocycles. The van der Waals surface area contributed by atoms with Crippen molar-refractivity contribution >= 4 is 17.7 Å². The number of carbonyl (C=O) groups excluding carboxylic acids is 2. The summed E-state index contributed by atoms with van der Waals surface area (Å²) < 4.78 is 16.6. The summed E-state index contributed by atoms with van der Waals surface area (Å²) in [6.07, 6.45) is 1.38. The number of hydrogen-bond acceptors (Lipinski definition) is 7. The zero-order valence-electron chi connectivity index (χ0n) is 16.2. The highest BCUT2D eigenvalue weighted by atomic mass is 16.6. The zero-order chi connectivity index (χ0) is 20.7. The van der Waals surface area contributed by atoms with E-state index in [9.17, 15) is 9.59 Å². The lowest BCUT2D eigenvalue weighted by Gasteiger charge is -2.16. The molecule has 2 aromatic heterocycles. The lowest BCUT2D eigenvalue weighted by atomic mass is 10.0. The molecule has 5 rings (SSSR count). The van der Waals surface area contributed by atoms with Gasteiger partial charge in [0.25, 0.3) is 0 Å². The first-order valence-electron chi connectivity index (χ1n) is 9.58. The summed E-state index contributed by atoms with van der Waals surface area (Å²) in [6, 6.07) is 7.32. The number of aromatic amines is 1. The topological polar surface area (TPSA) is 123 Å². The first-order valence-corrected chi connectivity index (χ1v) is 9.58. The van der Waals surface area contributed by atoms with Gasteiger partial charge in [0.2, 0.25) is 5.91 Å². The molecule has 2 aliphatic heterocycles. The van der Waals surface area contributed by atoms with Gasteiger partial charge in [-0.3, -0.25) is 14.8 Å². The van der Waals surface area contributed by atoms with Crippen LogP contribution < -0.4 is 15.0 Å². The SMILES string of the molecule is CC(=O)NCC1CN(c2ccc3c(c2)OCCc2c(-c4ccno4)n[nH]c2-3)C(=O)O1. The van der Waals surface area contributed by atoms with Crippen LogP contribution >= 0.6 is 0 Å². The molecule has 154 valence electrons. The Balaban J connectivity index is 1.43. The fourth-order valence-corrected chi connectivity index (χ4v) is 3.74. The number of cyclic esters (lactones) is 1. The summed E-state index contributed by atoms with van der Waals surface area (Å²) in [5.41, 5.74) is 4.09. The number of H-pyrrole nitrogens is 1. The molecule has 30 heavy (non-hydrogen) atoms. The van der Waals surface area contributed by atoms with Crippen molar-refractivity contribution in [3.63, 3.8) is 0 Å². The zero-order valence-corrected chi connectivity index (χ0v) is 16.2. The van der Waals surface area contributed by atoms with Crippen molar-refractivity contribution in [1.29, 1.82) is 0 Å². The van der Waals surface area contributed by atoms with Crippen LogP contribution in [-0.2, 0) is 16.0 Å². The van der Waals surface area contributed by atoms with E-state index in [0.29, 0.717) is 42.5 Å². The molecule has 0 aliphatic carbocycles. The number of anilines is 1. The van der Waals surface area contributed by atoms with Crippen LogP contribution in [-0.4, -0.2) is 53.2 Å². The third-order valence-electron chi connectivity index (χ3n) is 5.15. The maximum atomic E-state index is 12.3. The van der Waals surface area contributed by atoms with Crippen molar-refractivity contribution < 1.29 is 23.6 Å². The average Bonchev–Trinajstić information content (AvgIpc) is 3.44. The van der Waals surface area contributed by atoms with Gasteiger partial charge in [-0.2, -0.15) is 5.10 Å². The van der Waals surface area contributed by atoms with Crippen molar-refractivity contribution in [1.82, 2.24) is 20.7 Å². The van der Waals surface area contributed by atoms with Gasteiger partial charge >= 0.3 is 6.09 Å². The molecule has 1 fully saturated rings. The van der Waals surface area contributed by atoms with Crippen LogP contribution in [0.2, 0.25) is 0 Å². The van der Waals surface area contributed by atoms with E-state index in [1.165, 1.54) is 11.8 Å². The molecule has 0 spiro atoms. The monoisotopic (exact) mass is 409 g/mol. The molecule has 10 nitrogen and oxygen atoms in total. The minimum absolute atomic E-state index is 0.164. The summed E-state index contributed by atoms with van der Waals surface area (Å²) in [7, 11) is 0. The number of nitrogens with one attached hydrogen (secondary N) is 2. The largest absolute Gasteiger partial charge is 0.492 e. The Kier molecular flexibility index (Phi) is 4.38. The number of amides is 2. The predicted octanol–water partition coefficient (Wildman–Crippen LogP) is 2.13. The van der Waals surface area contributed by atoms with Gasteiger partial charge in [0.15, 0.2) is 5.76 Å².